The molecule has 1 aliphatic carbocycles. The lowest BCUT2D eigenvalue weighted by molar-refractivity contribution is 0.102. The van der Waals surface area contributed by atoms with E-state index >= 15 is 0 Å². The van der Waals surface area contributed by atoms with E-state index in [1.165, 1.54) is 0 Å². The van der Waals surface area contributed by atoms with Crippen LogP contribution in [0.5, 0.6) is 0 Å². The van der Waals surface area contributed by atoms with Gasteiger partial charge in [-0.05, 0) is 30.9 Å². The van der Waals surface area contributed by atoms with E-state index < -0.39 is 5.82 Å². The predicted octanol–water partition coefficient (Wildman–Crippen LogP) is 3.45. The van der Waals surface area contributed by atoms with Crippen molar-refractivity contribution >= 4 is 17.5 Å². The fourth-order valence-electron chi connectivity index (χ4n) is 2.75. The third kappa shape index (κ3) is 3.84. The highest BCUT2D eigenvalue weighted by molar-refractivity contribution is 6.07. The summed E-state index contributed by atoms with van der Waals surface area (Å²) < 4.78 is 14.7. The SMILES string of the molecule is CC.CC.O=C(Nc1ncc(F)cn1)c1cc2c(n3cnnc13)CCC2. The Hall–Kier alpha value is -2.90. The van der Waals surface area contributed by atoms with E-state index in [1.807, 2.05) is 38.2 Å². The number of aromatic nitrogens is 5. The number of aryl methyl sites for hydroxylation is 2. The van der Waals surface area contributed by atoms with Crippen LogP contribution in [0.25, 0.3) is 5.65 Å². The number of nitrogens with zero attached hydrogens (tertiary/aromatic N) is 5. The average Bonchev–Trinajstić information content (AvgIpc) is 3.34. The maximum atomic E-state index is 12.8. The molecule has 8 heteroatoms. The van der Waals surface area contributed by atoms with Crippen molar-refractivity contribution in [2.24, 2.45) is 0 Å². The molecule has 0 atom stereocenters. The first-order valence-corrected chi connectivity index (χ1v) is 8.86. The minimum atomic E-state index is -0.560. The van der Waals surface area contributed by atoms with Gasteiger partial charge >= 0.3 is 0 Å². The zero-order valence-electron chi connectivity index (χ0n) is 15.5. The lowest BCUT2D eigenvalue weighted by Gasteiger charge is -2.08. The Bertz CT molecular complexity index is 875. The summed E-state index contributed by atoms with van der Waals surface area (Å²) in [5.41, 5.74) is 3.18. The Morgan fingerprint density at radius 3 is 2.54 bits per heavy atom. The molecule has 1 amide bonds. The molecule has 0 bridgehead atoms. The van der Waals surface area contributed by atoms with E-state index in [1.54, 1.807) is 6.33 Å². The number of amides is 1. The molecule has 0 saturated carbocycles. The molecule has 0 unspecified atom stereocenters. The van der Waals surface area contributed by atoms with Crippen LogP contribution in [0.2, 0.25) is 0 Å². The topological polar surface area (TPSA) is 85.1 Å². The summed E-state index contributed by atoms with van der Waals surface area (Å²) in [5, 5.41) is 10.5. The first-order valence-electron chi connectivity index (χ1n) is 8.86. The second kappa shape index (κ2) is 8.98. The number of carbonyl (C=O) groups excluding carboxylic acids is 1. The number of hydrogen-bond acceptors (Lipinski definition) is 5. The molecular formula is C18H23FN6O. The van der Waals surface area contributed by atoms with E-state index in [9.17, 15) is 9.18 Å². The van der Waals surface area contributed by atoms with Crippen LogP contribution in [-0.4, -0.2) is 30.5 Å². The number of pyridine rings is 1. The predicted molar refractivity (Wildman–Crippen MR) is 97.7 cm³/mol. The first kappa shape index (κ1) is 19.4. The van der Waals surface area contributed by atoms with Crippen molar-refractivity contribution in [1.29, 1.82) is 0 Å². The molecule has 3 heterocycles. The lowest BCUT2D eigenvalue weighted by Crippen LogP contribution is -2.16. The highest BCUT2D eigenvalue weighted by atomic mass is 19.1. The van der Waals surface area contributed by atoms with Crippen molar-refractivity contribution in [2.75, 3.05) is 5.32 Å². The molecule has 0 spiro atoms. The maximum absolute atomic E-state index is 12.8. The molecule has 3 aromatic rings. The summed E-state index contributed by atoms with van der Waals surface area (Å²) >= 11 is 0. The van der Waals surface area contributed by atoms with Crippen LogP contribution in [0.3, 0.4) is 0 Å². The van der Waals surface area contributed by atoms with Crippen LogP contribution in [0, 0.1) is 5.82 Å². The monoisotopic (exact) mass is 358 g/mol. The molecule has 4 rings (SSSR count). The average molecular weight is 358 g/mol. The number of fused-ring (bicyclic) bond motifs is 3. The number of nitrogens with one attached hydrogen (secondary N) is 1. The summed E-state index contributed by atoms with van der Waals surface area (Å²) in [5.74, 6) is -0.903. The Morgan fingerprint density at radius 1 is 1.15 bits per heavy atom. The van der Waals surface area contributed by atoms with Crippen molar-refractivity contribution in [3.8, 4) is 0 Å². The summed E-state index contributed by atoms with van der Waals surface area (Å²) in [6.45, 7) is 8.00. The van der Waals surface area contributed by atoms with E-state index in [-0.39, 0.29) is 11.9 Å². The third-order valence-corrected chi connectivity index (χ3v) is 3.72. The summed E-state index contributed by atoms with van der Waals surface area (Å²) in [6.07, 6.45) is 6.54. The van der Waals surface area contributed by atoms with Gasteiger partial charge in [-0.3, -0.25) is 14.5 Å². The summed E-state index contributed by atoms with van der Waals surface area (Å²) in [7, 11) is 0. The van der Waals surface area contributed by atoms with Gasteiger partial charge < -0.3 is 0 Å². The van der Waals surface area contributed by atoms with Crippen LogP contribution in [0.1, 0.15) is 55.7 Å². The minimum absolute atomic E-state index is 0.0459. The summed E-state index contributed by atoms with van der Waals surface area (Å²) in [4.78, 5) is 19.9. The Balaban J connectivity index is 0.000000570. The zero-order chi connectivity index (χ0) is 19.1. The van der Waals surface area contributed by atoms with Crippen molar-refractivity contribution in [1.82, 2.24) is 24.6 Å². The normalized spacial score (nSPS) is 11.7. The Morgan fingerprint density at radius 2 is 1.85 bits per heavy atom. The van der Waals surface area contributed by atoms with Crippen LogP contribution in [0.4, 0.5) is 10.3 Å². The van der Waals surface area contributed by atoms with Gasteiger partial charge in [0.1, 0.15) is 6.33 Å². The minimum Gasteiger partial charge on any atom is -0.290 e. The second-order valence-corrected chi connectivity index (χ2v) is 5.09. The zero-order valence-corrected chi connectivity index (χ0v) is 15.5. The third-order valence-electron chi connectivity index (χ3n) is 3.72. The second-order valence-electron chi connectivity index (χ2n) is 5.09. The highest BCUT2D eigenvalue weighted by Gasteiger charge is 2.21. The van der Waals surface area contributed by atoms with Gasteiger partial charge in [0.15, 0.2) is 11.5 Å². The van der Waals surface area contributed by atoms with Crippen LogP contribution >= 0.6 is 0 Å². The van der Waals surface area contributed by atoms with Gasteiger partial charge in [0.25, 0.3) is 5.91 Å². The van der Waals surface area contributed by atoms with Crippen molar-refractivity contribution in [2.45, 2.75) is 47.0 Å². The molecule has 3 aromatic heterocycles. The van der Waals surface area contributed by atoms with E-state index in [0.29, 0.717) is 11.2 Å². The quantitative estimate of drug-likeness (QED) is 0.758. The molecule has 7 nitrogen and oxygen atoms in total. The van der Waals surface area contributed by atoms with Gasteiger partial charge in [0.05, 0.1) is 18.0 Å². The van der Waals surface area contributed by atoms with Crippen molar-refractivity contribution in [3.63, 3.8) is 0 Å². The fourth-order valence-corrected chi connectivity index (χ4v) is 2.75. The number of carbonyl (C=O) groups is 1. The van der Waals surface area contributed by atoms with Gasteiger partial charge in [0, 0.05) is 5.69 Å². The molecule has 0 radical (unpaired) electrons. The van der Waals surface area contributed by atoms with E-state index in [2.05, 4.69) is 25.5 Å². The Labute approximate surface area is 151 Å². The number of rotatable bonds is 2. The van der Waals surface area contributed by atoms with E-state index in [4.69, 9.17) is 0 Å². The van der Waals surface area contributed by atoms with Crippen molar-refractivity contribution in [3.05, 3.63) is 47.4 Å². The molecule has 26 heavy (non-hydrogen) atoms. The van der Waals surface area contributed by atoms with Gasteiger partial charge in [-0.1, -0.05) is 27.7 Å². The molecule has 0 fully saturated rings. The molecular weight excluding hydrogens is 335 g/mol. The standard InChI is InChI=1S/C14H11FN6O.2C2H6/c15-9-5-16-14(17-6-9)19-13(22)10-4-8-2-1-3-11(8)21-7-18-20-12(10)21;2*1-2/h4-7H,1-3H2,(H,16,17,19,22);2*1-2H3. The maximum Gasteiger partial charge on any atom is 0.261 e. The van der Waals surface area contributed by atoms with Crippen LogP contribution < -0.4 is 5.32 Å². The molecule has 1 aliphatic rings. The number of hydrogen-bond donors (Lipinski definition) is 1. The van der Waals surface area contributed by atoms with E-state index in [0.717, 1.165) is 42.9 Å². The smallest absolute Gasteiger partial charge is 0.261 e. The molecule has 1 N–H and O–H groups in total. The fraction of sp³-hybridized carbons (Fsp3) is 0.389. The molecule has 138 valence electrons. The van der Waals surface area contributed by atoms with Gasteiger partial charge in [-0.15, -0.1) is 10.2 Å². The van der Waals surface area contributed by atoms with Gasteiger partial charge in [-0.2, -0.15) is 0 Å². The van der Waals surface area contributed by atoms with Gasteiger partial charge in [0.2, 0.25) is 5.95 Å². The van der Waals surface area contributed by atoms with Crippen LogP contribution in [0.15, 0.2) is 24.8 Å². The highest BCUT2D eigenvalue weighted by Crippen LogP contribution is 2.25. The van der Waals surface area contributed by atoms with Gasteiger partial charge in [-0.25, -0.2) is 14.4 Å². The molecule has 0 aromatic carbocycles. The Kier molecular flexibility index (Phi) is 6.71. The first-order chi connectivity index (χ1) is 12.7. The molecule has 0 aliphatic heterocycles. The largest absolute Gasteiger partial charge is 0.290 e. The lowest BCUT2D eigenvalue weighted by atomic mass is 10.1. The van der Waals surface area contributed by atoms with Crippen LogP contribution in [-0.2, 0) is 12.8 Å². The number of anilines is 1. The summed E-state index contributed by atoms with van der Waals surface area (Å²) in [6, 6.07) is 1.84. The number of halogens is 1. The molecule has 0 saturated heterocycles. The van der Waals surface area contributed by atoms with Crippen molar-refractivity contribution < 1.29 is 9.18 Å².